The third-order valence-corrected chi connectivity index (χ3v) is 2.75. The smallest absolute Gasteiger partial charge is 0.295 e. The molecule has 1 heterocycles. The summed E-state index contributed by atoms with van der Waals surface area (Å²) in [7, 11) is 0. The maximum Gasteiger partial charge on any atom is 0.295 e. The maximum atomic E-state index is 11.5. The van der Waals surface area contributed by atoms with Crippen molar-refractivity contribution in [3.63, 3.8) is 0 Å². The highest BCUT2D eigenvalue weighted by molar-refractivity contribution is 5.78. The Morgan fingerprint density at radius 2 is 2.25 bits per heavy atom. The van der Waals surface area contributed by atoms with Crippen LogP contribution < -0.4 is 16.4 Å². The number of nitrogen functional groups attached to an aromatic ring is 1. The summed E-state index contributed by atoms with van der Waals surface area (Å²) in [4.78, 5) is 15.8. The van der Waals surface area contributed by atoms with E-state index in [1.54, 1.807) is 18.2 Å². The van der Waals surface area contributed by atoms with E-state index in [2.05, 4.69) is 29.5 Å². The van der Waals surface area contributed by atoms with Crippen LogP contribution in [-0.2, 0) is 4.79 Å². The number of rotatable bonds is 6. The molecule has 0 saturated heterocycles. The Bertz CT molecular complexity index is 592. The van der Waals surface area contributed by atoms with Gasteiger partial charge in [-0.25, -0.2) is 0 Å². The summed E-state index contributed by atoms with van der Waals surface area (Å²) in [6.07, 6.45) is 0.383. The van der Waals surface area contributed by atoms with E-state index in [-0.39, 0.29) is 5.91 Å². The summed E-state index contributed by atoms with van der Waals surface area (Å²) in [6.45, 7) is 5.29. The van der Waals surface area contributed by atoms with Crippen molar-refractivity contribution in [3.05, 3.63) is 18.2 Å². The molecule has 1 aromatic carbocycles. The second kappa shape index (κ2) is 6.27. The van der Waals surface area contributed by atoms with Gasteiger partial charge in [0.2, 0.25) is 5.91 Å². The Morgan fingerprint density at radius 3 is 3.00 bits per heavy atom. The molecule has 0 saturated carbocycles. The lowest BCUT2D eigenvalue weighted by Gasteiger charge is -2.07. The van der Waals surface area contributed by atoms with Crippen molar-refractivity contribution in [3.8, 4) is 0 Å². The van der Waals surface area contributed by atoms with E-state index < -0.39 is 0 Å². The largest absolute Gasteiger partial charge is 0.423 e. The van der Waals surface area contributed by atoms with Crippen LogP contribution in [0.3, 0.4) is 0 Å². The zero-order chi connectivity index (χ0) is 14.5. The van der Waals surface area contributed by atoms with E-state index in [0.29, 0.717) is 42.7 Å². The van der Waals surface area contributed by atoms with Crippen LogP contribution in [0.5, 0.6) is 0 Å². The molecule has 2 aromatic rings. The number of nitrogens with two attached hydrogens (primary N) is 1. The van der Waals surface area contributed by atoms with Gasteiger partial charge >= 0.3 is 0 Å². The number of aromatic nitrogens is 1. The average Bonchev–Trinajstić information content (AvgIpc) is 2.78. The minimum atomic E-state index is 0.0200. The van der Waals surface area contributed by atoms with Crippen molar-refractivity contribution >= 4 is 28.7 Å². The molecule has 0 fully saturated rings. The molecule has 0 aliphatic rings. The molecule has 1 aromatic heterocycles. The number of amides is 1. The Labute approximate surface area is 117 Å². The van der Waals surface area contributed by atoms with Gasteiger partial charge in [0.15, 0.2) is 5.58 Å². The highest BCUT2D eigenvalue weighted by Gasteiger charge is 2.07. The van der Waals surface area contributed by atoms with Crippen LogP contribution in [0.2, 0.25) is 0 Å². The lowest BCUT2D eigenvalue weighted by Crippen LogP contribution is -2.28. The van der Waals surface area contributed by atoms with Gasteiger partial charge in [0.05, 0.1) is 0 Å². The van der Waals surface area contributed by atoms with Crippen LogP contribution in [0.4, 0.5) is 11.7 Å². The van der Waals surface area contributed by atoms with Crippen molar-refractivity contribution in [2.75, 3.05) is 24.1 Å². The fourth-order valence-corrected chi connectivity index (χ4v) is 1.71. The van der Waals surface area contributed by atoms with E-state index in [1.807, 2.05) is 0 Å². The molecule has 6 nitrogen and oxygen atoms in total. The van der Waals surface area contributed by atoms with E-state index in [9.17, 15) is 4.79 Å². The van der Waals surface area contributed by atoms with Crippen LogP contribution in [0.15, 0.2) is 22.6 Å². The number of anilines is 2. The molecule has 6 heteroatoms. The minimum Gasteiger partial charge on any atom is -0.423 e. The molecule has 0 spiro atoms. The summed E-state index contributed by atoms with van der Waals surface area (Å²) < 4.78 is 5.49. The highest BCUT2D eigenvalue weighted by Crippen LogP contribution is 2.20. The van der Waals surface area contributed by atoms with Crippen LogP contribution in [-0.4, -0.2) is 24.0 Å². The summed E-state index contributed by atoms with van der Waals surface area (Å²) in [5.74, 6) is 0.473. The first-order valence-corrected chi connectivity index (χ1v) is 6.71. The molecule has 0 bridgehead atoms. The quantitative estimate of drug-likeness (QED) is 0.701. The first-order chi connectivity index (χ1) is 9.54. The molecule has 0 aliphatic carbocycles. The number of fused-ring (bicyclic) bond motifs is 1. The number of hydrogen-bond donors (Lipinski definition) is 3. The number of carbonyl (C=O) groups excluding carboxylic acids is 1. The van der Waals surface area contributed by atoms with E-state index in [4.69, 9.17) is 10.2 Å². The van der Waals surface area contributed by atoms with Gasteiger partial charge in [0, 0.05) is 31.3 Å². The molecule has 0 aliphatic heterocycles. The third kappa shape index (κ3) is 3.88. The molecule has 0 atom stereocenters. The van der Waals surface area contributed by atoms with Crippen molar-refractivity contribution in [1.29, 1.82) is 0 Å². The number of nitrogens with one attached hydrogen (secondary N) is 2. The molecule has 0 radical (unpaired) electrons. The SMILES string of the molecule is CC(C)CNC(=O)CCNc1nc2ccc(N)cc2o1. The van der Waals surface area contributed by atoms with Gasteiger partial charge in [-0.3, -0.25) is 4.79 Å². The van der Waals surface area contributed by atoms with Gasteiger partial charge in [-0.1, -0.05) is 13.8 Å². The van der Waals surface area contributed by atoms with E-state index in [0.717, 1.165) is 5.52 Å². The number of carbonyl (C=O) groups is 1. The zero-order valence-corrected chi connectivity index (χ0v) is 11.8. The zero-order valence-electron chi connectivity index (χ0n) is 11.8. The molecule has 1 amide bonds. The van der Waals surface area contributed by atoms with Crippen LogP contribution in [0, 0.1) is 5.92 Å². The topological polar surface area (TPSA) is 93.2 Å². The molecular weight excluding hydrogens is 256 g/mol. The number of benzene rings is 1. The van der Waals surface area contributed by atoms with Crippen molar-refractivity contribution in [2.24, 2.45) is 5.92 Å². The Kier molecular flexibility index (Phi) is 4.45. The predicted molar refractivity (Wildman–Crippen MR) is 79.4 cm³/mol. The molecule has 0 unspecified atom stereocenters. The van der Waals surface area contributed by atoms with Gasteiger partial charge < -0.3 is 20.8 Å². The van der Waals surface area contributed by atoms with Gasteiger partial charge in [-0.15, -0.1) is 0 Å². The number of oxazole rings is 1. The van der Waals surface area contributed by atoms with Gasteiger partial charge in [-0.05, 0) is 18.1 Å². The Balaban J connectivity index is 1.82. The summed E-state index contributed by atoms with van der Waals surface area (Å²) in [5.41, 5.74) is 7.68. The molecule has 4 N–H and O–H groups in total. The minimum absolute atomic E-state index is 0.0200. The summed E-state index contributed by atoms with van der Waals surface area (Å²) >= 11 is 0. The van der Waals surface area contributed by atoms with Gasteiger partial charge in [0.1, 0.15) is 5.52 Å². The predicted octanol–water partition coefficient (Wildman–Crippen LogP) is 1.98. The van der Waals surface area contributed by atoms with Crippen molar-refractivity contribution in [2.45, 2.75) is 20.3 Å². The lowest BCUT2D eigenvalue weighted by molar-refractivity contribution is -0.120. The van der Waals surface area contributed by atoms with Crippen molar-refractivity contribution in [1.82, 2.24) is 10.3 Å². The molecular formula is C14H20N4O2. The maximum absolute atomic E-state index is 11.5. The first kappa shape index (κ1) is 14.2. The lowest BCUT2D eigenvalue weighted by atomic mass is 10.2. The first-order valence-electron chi connectivity index (χ1n) is 6.71. The van der Waals surface area contributed by atoms with E-state index in [1.165, 1.54) is 0 Å². The standard InChI is InChI=1S/C14H20N4O2/c1-9(2)8-17-13(19)5-6-16-14-18-11-4-3-10(15)7-12(11)20-14/h3-4,7,9H,5-6,8,15H2,1-2H3,(H,16,18)(H,17,19). The normalized spacial score (nSPS) is 10.9. The number of nitrogens with zero attached hydrogens (tertiary/aromatic N) is 1. The van der Waals surface area contributed by atoms with Crippen molar-refractivity contribution < 1.29 is 9.21 Å². The molecule has 20 heavy (non-hydrogen) atoms. The highest BCUT2D eigenvalue weighted by atomic mass is 16.4. The summed E-state index contributed by atoms with van der Waals surface area (Å²) in [6, 6.07) is 5.70. The summed E-state index contributed by atoms with van der Waals surface area (Å²) in [5, 5.41) is 5.85. The van der Waals surface area contributed by atoms with Crippen LogP contribution in [0.25, 0.3) is 11.1 Å². The fourth-order valence-electron chi connectivity index (χ4n) is 1.71. The van der Waals surface area contributed by atoms with Crippen LogP contribution >= 0.6 is 0 Å². The monoisotopic (exact) mass is 276 g/mol. The molecule has 2 rings (SSSR count). The second-order valence-electron chi connectivity index (χ2n) is 5.12. The Morgan fingerprint density at radius 1 is 1.45 bits per heavy atom. The average molecular weight is 276 g/mol. The fraction of sp³-hybridized carbons (Fsp3) is 0.429. The van der Waals surface area contributed by atoms with Crippen LogP contribution in [0.1, 0.15) is 20.3 Å². The second-order valence-corrected chi connectivity index (χ2v) is 5.12. The molecule has 108 valence electrons. The number of hydrogen-bond acceptors (Lipinski definition) is 5. The van der Waals surface area contributed by atoms with Gasteiger partial charge in [-0.2, -0.15) is 4.98 Å². The Hall–Kier alpha value is -2.24. The van der Waals surface area contributed by atoms with E-state index >= 15 is 0 Å². The third-order valence-electron chi connectivity index (χ3n) is 2.75. The van der Waals surface area contributed by atoms with Gasteiger partial charge in [0.25, 0.3) is 6.01 Å².